The minimum Gasteiger partial charge on any atom is -0.497 e. The molecular formula is C23H23ClN2O7S. The first-order valence-corrected chi connectivity index (χ1v) is 11.7. The lowest BCUT2D eigenvalue weighted by atomic mass is 10.2. The predicted octanol–water partition coefficient (Wildman–Crippen LogP) is 4.18. The van der Waals surface area contributed by atoms with Crippen molar-refractivity contribution in [3.8, 4) is 23.0 Å². The number of sulfonamides is 1. The number of nitrogens with one attached hydrogen (secondary N) is 2. The van der Waals surface area contributed by atoms with Crippen LogP contribution in [0.25, 0.3) is 0 Å². The van der Waals surface area contributed by atoms with Gasteiger partial charge >= 0.3 is 0 Å². The van der Waals surface area contributed by atoms with Crippen molar-refractivity contribution >= 4 is 38.9 Å². The normalized spacial score (nSPS) is 10.8. The first-order valence-electron chi connectivity index (χ1n) is 9.87. The first-order chi connectivity index (χ1) is 16.2. The van der Waals surface area contributed by atoms with Crippen molar-refractivity contribution in [2.45, 2.75) is 4.90 Å². The summed E-state index contributed by atoms with van der Waals surface area (Å²) < 4.78 is 48.7. The fourth-order valence-corrected chi connectivity index (χ4v) is 4.26. The number of carbonyl (C=O) groups excluding carboxylic acids is 1. The second kappa shape index (κ2) is 11.0. The summed E-state index contributed by atoms with van der Waals surface area (Å²) in [5.41, 5.74) is 0.773. The van der Waals surface area contributed by atoms with Crippen LogP contribution in [0.15, 0.2) is 65.6 Å². The van der Waals surface area contributed by atoms with E-state index >= 15 is 0 Å². The van der Waals surface area contributed by atoms with Gasteiger partial charge in [0, 0.05) is 11.8 Å². The third kappa shape index (κ3) is 6.24. The molecule has 3 rings (SSSR count). The Hall–Kier alpha value is -3.63. The number of methoxy groups -OCH3 is 3. The summed E-state index contributed by atoms with van der Waals surface area (Å²) in [5.74, 6) is 1.27. The number of hydrogen-bond acceptors (Lipinski definition) is 7. The lowest BCUT2D eigenvalue weighted by Crippen LogP contribution is -2.20. The summed E-state index contributed by atoms with van der Waals surface area (Å²) in [6.45, 7) is -0.365. The molecule has 0 unspecified atom stereocenters. The minimum absolute atomic E-state index is 0.0318. The van der Waals surface area contributed by atoms with Crippen molar-refractivity contribution in [2.24, 2.45) is 0 Å². The van der Waals surface area contributed by atoms with Crippen LogP contribution in [0, 0.1) is 0 Å². The molecule has 180 valence electrons. The van der Waals surface area contributed by atoms with Gasteiger partial charge in [0.05, 0.1) is 36.9 Å². The highest BCUT2D eigenvalue weighted by molar-refractivity contribution is 7.92. The van der Waals surface area contributed by atoms with E-state index in [-0.39, 0.29) is 22.3 Å². The highest BCUT2D eigenvalue weighted by Gasteiger charge is 2.17. The Morgan fingerprint density at radius 2 is 1.50 bits per heavy atom. The van der Waals surface area contributed by atoms with E-state index in [1.165, 1.54) is 39.5 Å². The van der Waals surface area contributed by atoms with Crippen LogP contribution in [-0.2, 0) is 14.8 Å². The Morgan fingerprint density at radius 3 is 2.12 bits per heavy atom. The van der Waals surface area contributed by atoms with Gasteiger partial charge in [-0.3, -0.25) is 9.52 Å². The maximum Gasteiger partial charge on any atom is 0.262 e. The van der Waals surface area contributed by atoms with E-state index < -0.39 is 15.9 Å². The Labute approximate surface area is 202 Å². The molecule has 0 aliphatic rings. The number of anilines is 2. The number of hydrogen-bond donors (Lipinski definition) is 2. The number of halogens is 1. The van der Waals surface area contributed by atoms with Gasteiger partial charge < -0.3 is 24.3 Å². The molecule has 2 N–H and O–H groups in total. The molecule has 0 radical (unpaired) electrons. The van der Waals surface area contributed by atoms with E-state index in [4.69, 9.17) is 30.5 Å². The number of amides is 1. The molecule has 0 spiro atoms. The molecule has 0 fully saturated rings. The minimum atomic E-state index is -3.89. The average Bonchev–Trinajstić information content (AvgIpc) is 2.83. The van der Waals surface area contributed by atoms with Gasteiger partial charge in [-0.25, -0.2) is 8.42 Å². The summed E-state index contributed by atoms with van der Waals surface area (Å²) in [6.07, 6.45) is 0. The number of ether oxygens (including phenoxy) is 4. The Kier molecular flexibility index (Phi) is 8.08. The van der Waals surface area contributed by atoms with Gasteiger partial charge in [0.25, 0.3) is 15.9 Å². The molecule has 1 amide bonds. The summed E-state index contributed by atoms with van der Waals surface area (Å²) >= 11 is 6.21. The van der Waals surface area contributed by atoms with Gasteiger partial charge in [0.1, 0.15) is 23.0 Å². The SMILES string of the molecule is COc1ccc(NS(=O)(=O)c2ccc(OCC(=O)Nc3cc(OC)ccc3OC)c(Cl)c2)cc1. The van der Waals surface area contributed by atoms with Crippen LogP contribution in [0.2, 0.25) is 5.02 Å². The summed E-state index contributed by atoms with van der Waals surface area (Å²) in [4.78, 5) is 12.3. The smallest absolute Gasteiger partial charge is 0.262 e. The first kappa shape index (κ1) is 25.0. The van der Waals surface area contributed by atoms with E-state index in [1.54, 1.807) is 42.5 Å². The third-order valence-electron chi connectivity index (χ3n) is 4.60. The molecule has 0 bridgehead atoms. The van der Waals surface area contributed by atoms with Crippen molar-refractivity contribution < 1.29 is 32.2 Å². The summed E-state index contributed by atoms with van der Waals surface area (Å²) in [5, 5.41) is 2.70. The molecule has 3 aromatic carbocycles. The van der Waals surface area contributed by atoms with Crippen molar-refractivity contribution in [2.75, 3.05) is 38.0 Å². The monoisotopic (exact) mass is 506 g/mol. The Morgan fingerprint density at radius 1 is 0.853 bits per heavy atom. The van der Waals surface area contributed by atoms with E-state index in [0.717, 1.165) is 0 Å². The van der Waals surface area contributed by atoms with Gasteiger partial charge in [0.2, 0.25) is 0 Å². The summed E-state index contributed by atoms with van der Waals surface area (Å²) in [6, 6.07) is 15.3. The van der Waals surface area contributed by atoms with Gasteiger partial charge in [0.15, 0.2) is 6.61 Å². The van der Waals surface area contributed by atoms with Crippen LogP contribution in [0.1, 0.15) is 0 Å². The molecule has 0 aromatic heterocycles. The van der Waals surface area contributed by atoms with E-state index in [0.29, 0.717) is 28.6 Å². The third-order valence-corrected chi connectivity index (χ3v) is 6.27. The number of carbonyl (C=O) groups is 1. The fraction of sp³-hybridized carbons (Fsp3) is 0.174. The quantitative estimate of drug-likeness (QED) is 0.424. The fourth-order valence-electron chi connectivity index (χ4n) is 2.88. The molecule has 11 heteroatoms. The molecule has 0 saturated heterocycles. The zero-order valence-electron chi connectivity index (χ0n) is 18.6. The Balaban J connectivity index is 1.65. The molecule has 0 saturated carbocycles. The molecule has 0 aliphatic heterocycles. The predicted molar refractivity (Wildman–Crippen MR) is 129 cm³/mol. The lowest BCUT2D eigenvalue weighted by molar-refractivity contribution is -0.118. The molecular weight excluding hydrogens is 484 g/mol. The van der Waals surface area contributed by atoms with Crippen molar-refractivity contribution in [3.63, 3.8) is 0 Å². The topological polar surface area (TPSA) is 112 Å². The molecule has 3 aromatic rings. The van der Waals surface area contributed by atoms with Crippen LogP contribution in [0.5, 0.6) is 23.0 Å². The van der Waals surface area contributed by atoms with Crippen molar-refractivity contribution in [3.05, 3.63) is 65.7 Å². The van der Waals surface area contributed by atoms with Gasteiger partial charge in [-0.2, -0.15) is 0 Å². The number of benzene rings is 3. The standard InChI is InChI=1S/C23H23ClN2O7S/c1-30-16-6-4-15(5-7-16)26-34(28,29)18-9-11-21(19(24)13-18)33-14-23(27)25-20-12-17(31-2)8-10-22(20)32-3/h4-13,26H,14H2,1-3H3,(H,25,27). The van der Waals surface area contributed by atoms with E-state index in [9.17, 15) is 13.2 Å². The van der Waals surface area contributed by atoms with Gasteiger partial charge in [-0.05, 0) is 54.6 Å². The van der Waals surface area contributed by atoms with Crippen LogP contribution in [0.4, 0.5) is 11.4 Å². The zero-order chi connectivity index (χ0) is 24.7. The highest BCUT2D eigenvalue weighted by Crippen LogP contribution is 2.30. The maximum atomic E-state index is 12.7. The van der Waals surface area contributed by atoms with Crippen molar-refractivity contribution in [1.82, 2.24) is 0 Å². The molecule has 0 aliphatic carbocycles. The summed E-state index contributed by atoms with van der Waals surface area (Å²) in [7, 11) is 0.611. The molecule has 0 heterocycles. The zero-order valence-corrected chi connectivity index (χ0v) is 20.2. The Bertz CT molecular complexity index is 1260. The van der Waals surface area contributed by atoms with Gasteiger partial charge in [-0.15, -0.1) is 0 Å². The van der Waals surface area contributed by atoms with Crippen LogP contribution >= 0.6 is 11.6 Å². The average molecular weight is 507 g/mol. The highest BCUT2D eigenvalue weighted by atomic mass is 35.5. The molecule has 34 heavy (non-hydrogen) atoms. The molecule has 9 nitrogen and oxygen atoms in total. The van der Waals surface area contributed by atoms with Crippen LogP contribution in [0.3, 0.4) is 0 Å². The van der Waals surface area contributed by atoms with Crippen LogP contribution in [-0.4, -0.2) is 42.3 Å². The lowest BCUT2D eigenvalue weighted by Gasteiger charge is -2.13. The van der Waals surface area contributed by atoms with Crippen molar-refractivity contribution in [1.29, 1.82) is 0 Å². The van der Waals surface area contributed by atoms with E-state index in [1.807, 2.05) is 0 Å². The maximum absolute atomic E-state index is 12.7. The second-order valence-corrected chi connectivity index (χ2v) is 8.92. The van der Waals surface area contributed by atoms with Gasteiger partial charge in [-0.1, -0.05) is 11.6 Å². The second-order valence-electron chi connectivity index (χ2n) is 6.83. The number of rotatable bonds is 10. The largest absolute Gasteiger partial charge is 0.497 e. The van der Waals surface area contributed by atoms with Crippen LogP contribution < -0.4 is 29.0 Å². The molecule has 0 atom stereocenters. The van der Waals surface area contributed by atoms with E-state index in [2.05, 4.69) is 10.0 Å².